The first-order chi connectivity index (χ1) is 54.8. The third-order valence-corrected chi connectivity index (χ3v) is 18.2. The van der Waals surface area contributed by atoms with Gasteiger partial charge in [-0.05, 0) is 170 Å². The van der Waals surface area contributed by atoms with E-state index in [2.05, 4.69) is 73.0 Å². The molecule has 5 N–H and O–H groups in total. The Labute approximate surface area is 789 Å². The van der Waals surface area contributed by atoms with Gasteiger partial charge in [-0.3, -0.25) is 14.4 Å². The van der Waals surface area contributed by atoms with Crippen molar-refractivity contribution in [2.24, 2.45) is 11.8 Å². The number of halogens is 1. The number of aromatic hydroxyl groups is 1. The number of phenols is 1. The number of alkyl halides is 1. The van der Waals surface area contributed by atoms with Crippen LogP contribution in [0.1, 0.15) is 153 Å². The van der Waals surface area contributed by atoms with Gasteiger partial charge in [-0.2, -0.15) is 21.0 Å². The third kappa shape index (κ3) is 30.7. The number of benzene rings is 6. The molecular weight excluding hydrogens is 1730 g/mol. The summed E-state index contributed by atoms with van der Waals surface area (Å²) < 4.78 is 36.2. The molecule has 0 saturated heterocycles. The number of nitrogens with one attached hydrogen (secondary N) is 3. The summed E-state index contributed by atoms with van der Waals surface area (Å²) in [6.45, 7) is 8.80. The number of carboxylic acids is 1. The largest absolute Gasteiger partial charge is 1.00 e. The number of aromatic amines is 1. The molecule has 13 rings (SSSR count). The zero-order chi connectivity index (χ0) is 80.9. The Morgan fingerprint density at radius 2 is 1.01 bits per heavy atom. The Kier molecular flexibility index (Phi) is 42.5. The van der Waals surface area contributed by atoms with Gasteiger partial charge in [-0.25, -0.2) is 19.6 Å². The summed E-state index contributed by atoms with van der Waals surface area (Å²) in [7, 11) is 1.29. The minimum absolute atomic E-state index is 0. The maximum atomic E-state index is 13.3. The molecule has 2 fully saturated rings. The van der Waals surface area contributed by atoms with Gasteiger partial charge >= 0.3 is 80.8 Å². The summed E-state index contributed by atoms with van der Waals surface area (Å²) >= 11 is 4.82. The van der Waals surface area contributed by atoms with Crippen molar-refractivity contribution < 1.29 is 141 Å². The molecule has 591 valence electrons. The topological polar surface area (TPSA) is 407 Å². The number of nitrogens with zero attached hydrogens (tertiary/aromatic N) is 10. The van der Waals surface area contributed by atoms with Crippen molar-refractivity contribution in [2.75, 3.05) is 26.2 Å². The fourth-order valence-electron chi connectivity index (χ4n) is 12.9. The van der Waals surface area contributed by atoms with Crippen LogP contribution in [0, 0.1) is 45.8 Å². The molecule has 5 heterocycles. The van der Waals surface area contributed by atoms with E-state index < -0.39 is 35.8 Å². The van der Waals surface area contributed by atoms with Crippen LogP contribution in [0.25, 0.3) is 44.8 Å². The van der Waals surface area contributed by atoms with Crippen molar-refractivity contribution in [2.45, 2.75) is 148 Å². The van der Waals surface area contributed by atoms with E-state index in [1.54, 1.807) is 116 Å². The summed E-state index contributed by atoms with van der Waals surface area (Å²) in [5, 5.41) is 70.7. The molecule has 6 aromatic carbocycles. The number of nitriles is 3. The van der Waals surface area contributed by atoms with Gasteiger partial charge in [0.15, 0.2) is 19.8 Å². The van der Waals surface area contributed by atoms with Gasteiger partial charge in [-0.15, -0.1) is 21.8 Å². The number of methoxy groups -OCH3 is 1. The monoisotopic (exact) mass is 1820 g/mol. The smallest absolute Gasteiger partial charge is 0.662 e. The third-order valence-electron chi connectivity index (χ3n) is 18.1. The van der Waals surface area contributed by atoms with E-state index in [-0.39, 0.29) is 183 Å². The number of hydrogen-bond acceptors (Lipinski definition) is 22. The molecule has 1 radical (unpaired) electrons. The van der Waals surface area contributed by atoms with E-state index in [1.807, 2.05) is 72.8 Å². The second-order valence-corrected chi connectivity index (χ2v) is 27.5. The van der Waals surface area contributed by atoms with Crippen LogP contribution in [0.15, 0.2) is 179 Å². The Morgan fingerprint density at radius 1 is 0.609 bits per heavy atom. The van der Waals surface area contributed by atoms with Crippen LogP contribution in [-0.2, 0) is 56.3 Å². The molecule has 2 aliphatic carbocycles. The minimum atomic E-state index is -1.12. The number of carboxylic acid groups (broad SMARTS) is 1. The molecule has 5 aromatic heterocycles. The molecule has 0 aliphatic heterocycles. The second-order valence-electron chi connectivity index (χ2n) is 27.2. The van der Waals surface area contributed by atoms with E-state index in [9.17, 15) is 24.3 Å². The Bertz CT molecular complexity index is 4880. The van der Waals surface area contributed by atoms with Crippen molar-refractivity contribution >= 4 is 133 Å². The number of imidazole rings is 2. The number of rotatable bonds is 26. The first-order valence-corrected chi connectivity index (χ1v) is 37.4. The van der Waals surface area contributed by atoms with E-state index in [0.717, 1.165) is 89.2 Å². The molecule has 0 unspecified atom stereocenters. The average Bonchev–Trinajstić information content (AvgIpc) is 1.62. The van der Waals surface area contributed by atoms with Crippen LogP contribution in [0.5, 0.6) is 23.0 Å². The van der Waals surface area contributed by atoms with Gasteiger partial charge in [0.1, 0.15) is 77.3 Å². The second kappa shape index (κ2) is 51.4. The van der Waals surface area contributed by atoms with E-state index in [1.165, 1.54) is 56.8 Å². The zero-order valence-corrected chi connectivity index (χ0v) is 78.8. The Morgan fingerprint density at radius 3 is 1.37 bits per heavy atom. The predicted octanol–water partition coefficient (Wildman–Crippen LogP) is 10.7. The quantitative estimate of drug-likeness (QED) is 0.0110. The number of carbonyl (C=O) groups excluding carboxylic acids is 4. The van der Waals surface area contributed by atoms with Crippen molar-refractivity contribution in [3.63, 3.8) is 0 Å². The maximum Gasteiger partial charge on any atom is 1.00 e. The number of tetrazole rings is 1. The van der Waals surface area contributed by atoms with Crippen molar-refractivity contribution in [3.8, 4) is 64.0 Å². The SMILES string of the molecule is CC(C)Cc1ccc(O)cc1.CC(C)Cc1ccc(OCC#N)cc1.COC(=O)[C@H](Cc1ccc(OCC#N)cc1)NC(=O)c1ccc2c(c1)nc(-c1ccoc1)n2C1CCCCC1.N#CCCl.O=C(N[C@@H](Cc1ccc(OCc2nn[nH]n2)cc1)C(=O)O)c1ccc2c(c1)nc(-c1ccoc1)n2C1CCCCC1.O=CO[O-].[Cs+].[Cs]. The number of aromatic nitrogens is 8. The molecule has 2 saturated carbocycles. The first kappa shape index (κ1) is 95.1. The van der Waals surface area contributed by atoms with Gasteiger partial charge in [0.05, 0.1) is 58.9 Å². The number of esters is 1. The Hall–Kier alpha value is -8.74. The summed E-state index contributed by atoms with van der Waals surface area (Å²) in [5.41, 5.74) is 9.99. The number of hydrogen-bond donors (Lipinski definition) is 5. The molecule has 11 aromatic rings. The van der Waals surface area contributed by atoms with Crippen LogP contribution in [0.2, 0.25) is 0 Å². The molecule has 31 heteroatoms. The maximum absolute atomic E-state index is 13.3. The Balaban J connectivity index is 0.000000255. The molecule has 115 heavy (non-hydrogen) atoms. The van der Waals surface area contributed by atoms with Crippen LogP contribution < -0.4 is 99.0 Å². The number of aliphatic carboxylic acids is 1. The van der Waals surface area contributed by atoms with E-state index >= 15 is 0 Å². The van der Waals surface area contributed by atoms with Crippen LogP contribution in [0.4, 0.5) is 0 Å². The molecule has 0 bridgehead atoms. The normalized spacial score (nSPS) is 12.7. The van der Waals surface area contributed by atoms with Gasteiger partial charge in [0, 0.05) is 105 Å². The molecule has 2 aliphatic rings. The van der Waals surface area contributed by atoms with E-state index in [4.69, 9.17) is 80.3 Å². The number of phenolic OH excluding ortho intramolecular Hbond substituents is 1. The first-order valence-electron chi connectivity index (χ1n) is 36.9. The average molecular weight is 1820 g/mol. The van der Waals surface area contributed by atoms with Crippen molar-refractivity contribution in [1.29, 1.82) is 15.8 Å². The number of carbonyl (C=O) groups is 5. The predicted molar refractivity (Wildman–Crippen MR) is 423 cm³/mol. The van der Waals surface area contributed by atoms with Gasteiger partial charge in [-0.1, -0.05) is 120 Å². The summed E-state index contributed by atoms with van der Waals surface area (Å²) in [5.74, 6) is 3.20. The number of H-pyrrole nitrogens is 1. The fourth-order valence-corrected chi connectivity index (χ4v) is 12.9. The van der Waals surface area contributed by atoms with E-state index in [0.29, 0.717) is 69.2 Å². The van der Waals surface area contributed by atoms with Crippen molar-refractivity contribution in [3.05, 3.63) is 210 Å². The molecule has 28 nitrogen and oxygen atoms in total. The summed E-state index contributed by atoms with van der Waals surface area (Å²) in [6, 6.07) is 48.1. The molecule has 2 amide bonds. The van der Waals surface area contributed by atoms with Crippen LogP contribution in [0.3, 0.4) is 0 Å². The van der Waals surface area contributed by atoms with Gasteiger partial charge in [0.2, 0.25) is 5.82 Å². The zero-order valence-electron chi connectivity index (χ0n) is 65.5. The summed E-state index contributed by atoms with van der Waals surface area (Å²) in [4.78, 5) is 72.1. The fraction of sp³-hybridized carbons (Fsp3) is 0.345. The number of ether oxygens (including phenoxy) is 4. The summed E-state index contributed by atoms with van der Waals surface area (Å²) in [6.07, 6.45) is 20.6. The molecule has 0 spiro atoms. The van der Waals surface area contributed by atoms with Gasteiger partial charge < -0.3 is 67.9 Å². The molecule has 2 atom stereocenters. The standard InChI is InChI=1S/C30H30N4O5.C29H29N7O5.C12H15NO.C10H14O.C2H2ClN.CH2O3.2Cs/c1-37-30(36)26(17-20-7-10-24(11-8-20)39-16-14-31)33-29(35)21-9-12-27-25(18-21)32-28(22-13-15-38-19-22)34(27)23-5-3-2-4-6-23;37-28(31-24(29(38)39)14-18-6-9-22(10-7-18)41-17-26-32-34-35-33-26)19-8-11-25-23(15-19)30-27(20-12-13-40-16-20)36(25)21-4-2-1-3-5-21;1-10(2)9-11-3-5-12(6-4-11)14-8-7-13;1-8(2)7-9-3-5-10(11)6-4-9;3-1-2-4;2-1-4-3;;/h7-13,15,18-19,23,26H,2-6,16-17H2,1H3,(H,33,35);6-13,15-16,21,24H,1-5,14,17H2,(H,31,37)(H,38,39)(H,32,33,34,35);3-6,10H,8-9H2,1-2H3;3-6,8,11H,7H2,1-2H3;1H2;1,3H;;/q;;;;;;;+1/p-1/t26-;24-;;;;;;/m00....../s1. The van der Waals surface area contributed by atoms with Crippen LogP contribution >= 0.6 is 11.6 Å². The van der Waals surface area contributed by atoms with Crippen molar-refractivity contribution in [1.82, 2.24) is 50.4 Å². The number of fused-ring (bicyclic) bond motifs is 2. The van der Waals surface area contributed by atoms with Crippen LogP contribution in [-0.4, -0.2) is 187 Å². The number of furan rings is 2. The number of amides is 2. The van der Waals surface area contributed by atoms with Gasteiger partial charge in [0.25, 0.3) is 18.3 Å². The molecular formula is C84H91ClCs2N13O15. The minimum Gasteiger partial charge on any atom is -0.662 e.